The molecule has 0 aliphatic rings. The minimum Gasteiger partial charge on any atom is -0.493 e. The van der Waals surface area contributed by atoms with E-state index in [1.807, 2.05) is 19.0 Å². The lowest BCUT2D eigenvalue weighted by atomic mass is 10.1. The number of thiocarbonyl (C=S) groups is 1. The summed E-state index contributed by atoms with van der Waals surface area (Å²) >= 11 is 4.77. The molecule has 2 N–H and O–H groups in total. The van der Waals surface area contributed by atoms with Crippen LogP contribution in [0.5, 0.6) is 5.75 Å². The molecule has 0 bridgehead atoms. The van der Waals surface area contributed by atoms with Crippen molar-refractivity contribution in [1.29, 1.82) is 0 Å². The molecule has 112 valence electrons. The van der Waals surface area contributed by atoms with Gasteiger partial charge in [-0.1, -0.05) is 12.2 Å². The van der Waals surface area contributed by atoms with E-state index in [1.54, 1.807) is 0 Å². The molecule has 1 aromatic rings. The van der Waals surface area contributed by atoms with Crippen molar-refractivity contribution in [2.75, 3.05) is 27.2 Å². The van der Waals surface area contributed by atoms with Crippen LogP contribution >= 0.6 is 12.2 Å². The molecule has 20 heavy (non-hydrogen) atoms. The van der Waals surface area contributed by atoms with E-state index in [4.69, 9.17) is 22.7 Å². The highest BCUT2D eigenvalue weighted by atomic mass is 32.1. The smallest absolute Gasteiger partial charge is 0.416 e. The van der Waals surface area contributed by atoms with E-state index in [-0.39, 0.29) is 16.3 Å². The summed E-state index contributed by atoms with van der Waals surface area (Å²) in [6.07, 6.45) is -3.67. The molecular weight excluding hydrogens is 289 g/mol. The van der Waals surface area contributed by atoms with Crippen LogP contribution in [0.1, 0.15) is 17.5 Å². The number of hydrogen-bond donors (Lipinski definition) is 1. The van der Waals surface area contributed by atoms with E-state index in [1.165, 1.54) is 6.07 Å². The van der Waals surface area contributed by atoms with Crippen LogP contribution in [0.15, 0.2) is 18.2 Å². The maximum Gasteiger partial charge on any atom is 0.416 e. The van der Waals surface area contributed by atoms with Crippen LogP contribution in [0.4, 0.5) is 13.2 Å². The van der Waals surface area contributed by atoms with Gasteiger partial charge in [-0.05, 0) is 38.7 Å². The monoisotopic (exact) mass is 306 g/mol. The molecule has 7 heteroatoms. The molecule has 0 aliphatic carbocycles. The first-order chi connectivity index (χ1) is 9.21. The van der Waals surface area contributed by atoms with E-state index in [2.05, 4.69) is 0 Å². The number of hydrogen-bond acceptors (Lipinski definition) is 3. The van der Waals surface area contributed by atoms with E-state index in [0.29, 0.717) is 6.61 Å². The van der Waals surface area contributed by atoms with Crippen molar-refractivity contribution < 1.29 is 17.9 Å². The average Bonchev–Trinajstić information content (AvgIpc) is 2.33. The summed E-state index contributed by atoms with van der Waals surface area (Å²) in [7, 11) is 3.86. The zero-order valence-electron chi connectivity index (χ0n) is 11.3. The Hall–Kier alpha value is -1.34. The number of rotatable bonds is 6. The predicted molar refractivity (Wildman–Crippen MR) is 76.0 cm³/mol. The van der Waals surface area contributed by atoms with Gasteiger partial charge in [-0.3, -0.25) is 0 Å². The second-order valence-corrected chi connectivity index (χ2v) is 5.02. The molecule has 0 spiro atoms. The minimum absolute atomic E-state index is 0.111. The molecule has 1 aromatic carbocycles. The Bertz CT molecular complexity index is 475. The van der Waals surface area contributed by atoms with E-state index in [0.717, 1.165) is 25.1 Å². The molecule has 0 heterocycles. The third kappa shape index (κ3) is 4.97. The zero-order chi connectivity index (χ0) is 15.3. The van der Waals surface area contributed by atoms with Gasteiger partial charge in [0.15, 0.2) is 0 Å². The molecule has 0 saturated carbocycles. The Kier molecular flexibility index (Phi) is 5.76. The molecule has 0 atom stereocenters. The lowest BCUT2D eigenvalue weighted by Crippen LogP contribution is -2.17. The fraction of sp³-hybridized carbons (Fsp3) is 0.462. The molecule has 1 rings (SSSR count). The molecule has 0 amide bonds. The molecule has 0 unspecified atom stereocenters. The van der Waals surface area contributed by atoms with Crippen LogP contribution in [0.25, 0.3) is 0 Å². The highest BCUT2D eigenvalue weighted by Gasteiger charge is 2.31. The topological polar surface area (TPSA) is 38.5 Å². The number of alkyl halides is 3. The van der Waals surface area contributed by atoms with Crippen molar-refractivity contribution in [3.05, 3.63) is 29.3 Å². The Labute approximate surface area is 121 Å². The maximum absolute atomic E-state index is 12.6. The standard InChI is InChI=1S/C13H17F3N2OS/c1-18(2)6-3-7-19-11-5-4-9(13(14,15)16)8-10(11)12(17)20/h4-5,8H,3,6-7H2,1-2H3,(H2,17,20). The highest BCUT2D eigenvalue weighted by Crippen LogP contribution is 2.32. The molecule has 0 aliphatic heterocycles. The van der Waals surface area contributed by atoms with Crippen LogP contribution in [0, 0.1) is 0 Å². The van der Waals surface area contributed by atoms with Crippen LogP contribution < -0.4 is 10.5 Å². The predicted octanol–water partition coefficient (Wildman–Crippen LogP) is 2.67. The van der Waals surface area contributed by atoms with Gasteiger partial charge in [0.25, 0.3) is 0 Å². The van der Waals surface area contributed by atoms with Gasteiger partial charge < -0.3 is 15.4 Å². The van der Waals surface area contributed by atoms with Gasteiger partial charge in [0.1, 0.15) is 10.7 Å². The summed E-state index contributed by atoms with van der Waals surface area (Å²) in [5, 5.41) is 0. The van der Waals surface area contributed by atoms with Gasteiger partial charge in [-0.15, -0.1) is 0 Å². The summed E-state index contributed by atoms with van der Waals surface area (Å²) in [4.78, 5) is 1.88. The molecule has 0 fully saturated rings. The van der Waals surface area contributed by atoms with Crippen molar-refractivity contribution in [3.63, 3.8) is 0 Å². The summed E-state index contributed by atoms with van der Waals surface area (Å²) < 4.78 is 43.3. The van der Waals surface area contributed by atoms with E-state index >= 15 is 0 Å². The van der Waals surface area contributed by atoms with Crippen LogP contribution in [-0.4, -0.2) is 37.1 Å². The molecule has 3 nitrogen and oxygen atoms in total. The Morgan fingerprint density at radius 3 is 2.50 bits per heavy atom. The maximum atomic E-state index is 12.6. The first-order valence-electron chi connectivity index (χ1n) is 6.00. The van der Waals surface area contributed by atoms with Gasteiger partial charge >= 0.3 is 6.18 Å². The molecule has 0 radical (unpaired) electrons. The Balaban J connectivity index is 2.83. The second kappa shape index (κ2) is 6.90. The summed E-state index contributed by atoms with van der Waals surface area (Å²) in [6.45, 7) is 1.21. The van der Waals surface area contributed by atoms with Crippen LogP contribution in [0.2, 0.25) is 0 Å². The third-order valence-corrected chi connectivity index (χ3v) is 2.80. The number of nitrogens with two attached hydrogens (primary N) is 1. The number of halogens is 3. The number of nitrogens with zero attached hydrogens (tertiary/aromatic N) is 1. The van der Waals surface area contributed by atoms with Crippen molar-refractivity contribution in [2.45, 2.75) is 12.6 Å². The highest BCUT2D eigenvalue weighted by molar-refractivity contribution is 7.80. The quantitative estimate of drug-likeness (QED) is 0.648. The third-order valence-electron chi connectivity index (χ3n) is 2.58. The fourth-order valence-corrected chi connectivity index (χ4v) is 1.75. The van der Waals surface area contributed by atoms with Crippen LogP contribution in [-0.2, 0) is 6.18 Å². The average molecular weight is 306 g/mol. The number of benzene rings is 1. The van der Waals surface area contributed by atoms with Crippen molar-refractivity contribution in [2.24, 2.45) is 5.73 Å². The van der Waals surface area contributed by atoms with Gasteiger partial charge in [0, 0.05) is 6.54 Å². The summed E-state index contributed by atoms with van der Waals surface area (Å²) in [6, 6.07) is 3.14. The molecular formula is C13H17F3N2OS. The minimum atomic E-state index is -4.43. The van der Waals surface area contributed by atoms with E-state index < -0.39 is 11.7 Å². The summed E-state index contributed by atoms with van der Waals surface area (Å²) in [5.41, 5.74) is 4.78. The lowest BCUT2D eigenvalue weighted by Gasteiger charge is -2.15. The largest absolute Gasteiger partial charge is 0.493 e. The van der Waals surface area contributed by atoms with E-state index in [9.17, 15) is 13.2 Å². The SMILES string of the molecule is CN(C)CCCOc1ccc(C(F)(F)F)cc1C(N)=S. The first-order valence-corrected chi connectivity index (χ1v) is 6.41. The zero-order valence-corrected chi connectivity index (χ0v) is 12.1. The Morgan fingerprint density at radius 2 is 2.00 bits per heavy atom. The molecule has 0 aromatic heterocycles. The summed E-state index contributed by atoms with van der Waals surface area (Å²) in [5.74, 6) is 0.282. The van der Waals surface area contributed by atoms with Gasteiger partial charge in [0.05, 0.1) is 17.7 Å². The van der Waals surface area contributed by atoms with Crippen molar-refractivity contribution >= 4 is 17.2 Å². The fourth-order valence-electron chi connectivity index (χ4n) is 1.59. The lowest BCUT2D eigenvalue weighted by molar-refractivity contribution is -0.137. The van der Waals surface area contributed by atoms with Gasteiger partial charge in [0.2, 0.25) is 0 Å². The molecule has 0 saturated heterocycles. The second-order valence-electron chi connectivity index (χ2n) is 4.58. The van der Waals surface area contributed by atoms with Crippen LogP contribution in [0.3, 0.4) is 0 Å². The van der Waals surface area contributed by atoms with Gasteiger partial charge in [-0.2, -0.15) is 13.2 Å². The van der Waals surface area contributed by atoms with Gasteiger partial charge in [-0.25, -0.2) is 0 Å². The first kappa shape index (κ1) is 16.7. The Morgan fingerprint density at radius 1 is 1.35 bits per heavy atom. The van der Waals surface area contributed by atoms with Crippen molar-refractivity contribution in [3.8, 4) is 5.75 Å². The van der Waals surface area contributed by atoms with Crippen molar-refractivity contribution in [1.82, 2.24) is 4.90 Å². The normalized spacial score (nSPS) is 11.7. The number of ether oxygens (including phenoxy) is 1.